The number of nitrogens with zero attached hydrogens (tertiary/aromatic N) is 3. The SMILES string of the molecule is CCCN(Cc1ccccc1)Cn1nc(COc2ccc(OC)cc2)oc1=S. The topological polar surface area (TPSA) is 52.7 Å². The molecular formula is C21H25N3O3S. The van der Waals surface area contributed by atoms with E-state index in [1.807, 2.05) is 30.3 Å². The van der Waals surface area contributed by atoms with Gasteiger partial charge < -0.3 is 13.9 Å². The minimum absolute atomic E-state index is 0.218. The molecule has 3 aromatic rings. The molecule has 0 saturated carbocycles. The van der Waals surface area contributed by atoms with Crippen LogP contribution in [0.4, 0.5) is 0 Å². The van der Waals surface area contributed by atoms with Crippen LogP contribution in [0.1, 0.15) is 24.8 Å². The van der Waals surface area contributed by atoms with Gasteiger partial charge in [-0.3, -0.25) is 4.90 Å². The third kappa shape index (κ3) is 5.68. The monoisotopic (exact) mass is 399 g/mol. The van der Waals surface area contributed by atoms with Crippen LogP contribution in [0, 0.1) is 4.84 Å². The van der Waals surface area contributed by atoms with Gasteiger partial charge in [0, 0.05) is 6.54 Å². The Labute approximate surface area is 170 Å². The Hall–Kier alpha value is -2.64. The van der Waals surface area contributed by atoms with Crippen LogP contribution >= 0.6 is 12.2 Å². The standard InChI is InChI=1S/C21H25N3O3S/c1-3-13-23(14-17-7-5-4-6-8-17)16-24-21(28)27-20(22-24)15-26-19-11-9-18(25-2)10-12-19/h4-12H,3,13-16H2,1-2H3. The van der Waals surface area contributed by atoms with Crippen molar-refractivity contribution < 1.29 is 13.9 Å². The molecule has 0 radical (unpaired) electrons. The zero-order chi connectivity index (χ0) is 19.8. The van der Waals surface area contributed by atoms with Crippen LogP contribution in [-0.4, -0.2) is 28.3 Å². The van der Waals surface area contributed by atoms with E-state index in [0.29, 0.717) is 23.1 Å². The summed E-state index contributed by atoms with van der Waals surface area (Å²) >= 11 is 5.34. The van der Waals surface area contributed by atoms with Crippen LogP contribution < -0.4 is 9.47 Å². The summed E-state index contributed by atoms with van der Waals surface area (Å²) in [5.74, 6) is 1.95. The van der Waals surface area contributed by atoms with Gasteiger partial charge in [-0.15, -0.1) is 5.10 Å². The summed E-state index contributed by atoms with van der Waals surface area (Å²) in [5.41, 5.74) is 1.26. The minimum atomic E-state index is 0.218. The maximum Gasteiger partial charge on any atom is 0.288 e. The van der Waals surface area contributed by atoms with Gasteiger partial charge in [0.2, 0.25) is 0 Å². The van der Waals surface area contributed by atoms with E-state index in [4.69, 9.17) is 26.1 Å². The highest BCUT2D eigenvalue weighted by Gasteiger charge is 2.11. The third-order valence-corrected chi connectivity index (χ3v) is 4.49. The molecule has 0 atom stereocenters. The molecule has 2 aromatic carbocycles. The molecule has 0 N–H and O–H groups in total. The first-order valence-corrected chi connectivity index (χ1v) is 9.68. The second-order valence-corrected chi connectivity index (χ2v) is 6.75. The van der Waals surface area contributed by atoms with Crippen molar-refractivity contribution in [1.82, 2.24) is 14.7 Å². The maximum absolute atomic E-state index is 5.72. The van der Waals surface area contributed by atoms with E-state index >= 15 is 0 Å². The lowest BCUT2D eigenvalue weighted by Gasteiger charge is -2.21. The quantitative estimate of drug-likeness (QED) is 0.462. The number of rotatable bonds is 10. The first-order chi connectivity index (χ1) is 13.7. The van der Waals surface area contributed by atoms with Gasteiger partial charge in [-0.05, 0) is 55.0 Å². The van der Waals surface area contributed by atoms with Crippen molar-refractivity contribution in [3.8, 4) is 11.5 Å². The molecule has 0 amide bonds. The van der Waals surface area contributed by atoms with Crippen molar-refractivity contribution in [3.63, 3.8) is 0 Å². The van der Waals surface area contributed by atoms with Gasteiger partial charge in [0.15, 0.2) is 6.61 Å². The number of hydrogen-bond donors (Lipinski definition) is 0. The average Bonchev–Trinajstić information content (AvgIpc) is 3.07. The van der Waals surface area contributed by atoms with Crippen molar-refractivity contribution in [2.75, 3.05) is 13.7 Å². The van der Waals surface area contributed by atoms with Crippen LogP contribution in [0.15, 0.2) is 59.0 Å². The molecule has 28 heavy (non-hydrogen) atoms. The Balaban J connectivity index is 1.62. The molecule has 0 aliphatic rings. The Morgan fingerprint density at radius 1 is 1.07 bits per heavy atom. The van der Waals surface area contributed by atoms with E-state index in [9.17, 15) is 0 Å². The Morgan fingerprint density at radius 3 is 2.46 bits per heavy atom. The molecule has 0 unspecified atom stereocenters. The molecule has 0 saturated heterocycles. The molecule has 0 aliphatic heterocycles. The Morgan fingerprint density at radius 2 is 1.79 bits per heavy atom. The molecule has 7 heteroatoms. The summed E-state index contributed by atoms with van der Waals surface area (Å²) < 4.78 is 18.2. The smallest absolute Gasteiger partial charge is 0.288 e. The molecule has 3 rings (SSSR count). The van der Waals surface area contributed by atoms with Gasteiger partial charge in [0.25, 0.3) is 10.7 Å². The lowest BCUT2D eigenvalue weighted by atomic mass is 10.2. The van der Waals surface area contributed by atoms with Gasteiger partial charge in [0.1, 0.15) is 11.5 Å². The largest absolute Gasteiger partial charge is 0.497 e. The van der Waals surface area contributed by atoms with Gasteiger partial charge in [-0.25, -0.2) is 4.68 Å². The van der Waals surface area contributed by atoms with Crippen molar-refractivity contribution in [1.29, 1.82) is 0 Å². The highest BCUT2D eigenvalue weighted by atomic mass is 32.1. The van der Waals surface area contributed by atoms with Gasteiger partial charge in [-0.2, -0.15) is 0 Å². The minimum Gasteiger partial charge on any atom is -0.497 e. The Kier molecular flexibility index (Phi) is 7.22. The number of ether oxygens (including phenoxy) is 2. The number of aromatic nitrogens is 2. The zero-order valence-corrected chi connectivity index (χ0v) is 17.0. The average molecular weight is 400 g/mol. The predicted molar refractivity (Wildman–Crippen MR) is 110 cm³/mol. The first kappa shape index (κ1) is 20.1. The van der Waals surface area contributed by atoms with Crippen LogP contribution in [0.25, 0.3) is 0 Å². The molecule has 1 aromatic heterocycles. The Bertz CT molecular complexity index is 907. The lowest BCUT2D eigenvalue weighted by molar-refractivity contribution is 0.194. The fourth-order valence-electron chi connectivity index (χ4n) is 2.86. The van der Waals surface area contributed by atoms with E-state index in [0.717, 1.165) is 25.3 Å². The van der Waals surface area contributed by atoms with E-state index in [1.165, 1.54) is 5.56 Å². The molecule has 148 valence electrons. The zero-order valence-electron chi connectivity index (χ0n) is 16.2. The number of methoxy groups -OCH3 is 1. The summed E-state index contributed by atoms with van der Waals surface area (Å²) in [6.07, 6.45) is 1.05. The van der Waals surface area contributed by atoms with Crippen molar-refractivity contribution in [3.05, 3.63) is 70.9 Å². The van der Waals surface area contributed by atoms with Crippen LogP contribution in [0.5, 0.6) is 11.5 Å². The summed E-state index contributed by atoms with van der Waals surface area (Å²) in [6.45, 7) is 4.74. The normalized spacial score (nSPS) is 11.0. The number of hydrogen-bond acceptors (Lipinski definition) is 6. The molecule has 0 spiro atoms. The molecular weight excluding hydrogens is 374 g/mol. The molecule has 0 fully saturated rings. The fraction of sp³-hybridized carbons (Fsp3) is 0.333. The van der Waals surface area contributed by atoms with E-state index < -0.39 is 0 Å². The molecule has 0 bridgehead atoms. The van der Waals surface area contributed by atoms with E-state index in [1.54, 1.807) is 11.8 Å². The second-order valence-electron chi connectivity index (χ2n) is 6.41. The maximum atomic E-state index is 5.72. The van der Waals surface area contributed by atoms with Gasteiger partial charge in [-0.1, -0.05) is 37.3 Å². The molecule has 6 nitrogen and oxygen atoms in total. The second kappa shape index (κ2) is 10.1. The highest BCUT2D eigenvalue weighted by molar-refractivity contribution is 7.71. The third-order valence-electron chi connectivity index (χ3n) is 4.19. The first-order valence-electron chi connectivity index (χ1n) is 9.28. The predicted octanol–water partition coefficient (Wildman–Crippen LogP) is 4.66. The van der Waals surface area contributed by atoms with Crippen molar-refractivity contribution in [2.45, 2.75) is 33.2 Å². The van der Waals surface area contributed by atoms with Crippen LogP contribution in [0.3, 0.4) is 0 Å². The molecule has 0 aliphatic carbocycles. The van der Waals surface area contributed by atoms with Crippen molar-refractivity contribution in [2.24, 2.45) is 0 Å². The van der Waals surface area contributed by atoms with Crippen LogP contribution in [-0.2, 0) is 19.8 Å². The number of benzene rings is 2. The van der Waals surface area contributed by atoms with Crippen molar-refractivity contribution >= 4 is 12.2 Å². The van der Waals surface area contributed by atoms with Gasteiger partial charge >= 0.3 is 0 Å². The summed E-state index contributed by atoms with van der Waals surface area (Å²) in [6, 6.07) is 17.7. The fourth-order valence-corrected chi connectivity index (χ4v) is 3.06. The summed E-state index contributed by atoms with van der Waals surface area (Å²) in [7, 11) is 1.63. The lowest BCUT2D eigenvalue weighted by Crippen LogP contribution is -2.27. The summed E-state index contributed by atoms with van der Waals surface area (Å²) in [5, 5.41) is 4.48. The van der Waals surface area contributed by atoms with Crippen LogP contribution in [0.2, 0.25) is 0 Å². The molecule has 1 heterocycles. The van der Waals surface area contributed by atoms with E-state index in [-0.39, 0.29) is 6.61 Å². The van der Waals surface area contributed by atoms with Gasteiger partial charge in [0.05, 0.1) is 13.8 Å². The summed E-state index contributed by atoms with van der Waals surface area (Å²) in [4.78, 5) is 2.64. The highest BCUT2D eigenvalue weighted by Crippen LogP contribution is 2.18. The van der Waals surface area contributed by atoms with E-state index in [2.05, 4.69) is 41.2 Å².